The Morgan fingerprint density at radius 3 is 0.537 bits per heavy atom. The molecule has 0 bridgehead atoms. The Balaban J connectivity index is 0.000000109. The van der Waals surface area contributed by atoms with Gasteiger partial charge < -0.3 is 20.4 Å². The summed E-state index contributed by atoms with van der Waals surface area (Å²) in [6, 6.07) is 88.6. The van der Waals surface area contributed by atoms with E-state index in [9.17, 15) is 30.0 Å². The molecule has 0 aromatic heterocycles. The number of hydrogen-bond donors (Lipinski definition) is 4. The lowest BCUT2D eigenvalue weighted by Gasteiger charge is -2.14. The van der Waals surface area contributed by atoms with E-state index in [1.165, 1.54) is 67.4 Å². The fourth-order valence-electron chi connectivity index (χ4n) is 10.3. The first-order valence-corrected chi connectivity index (χ1v) is 26.2. The number of aromatic hydroxyl groups is 4. The molecule has 1 aliphatic carbocycles. The first-order valence-electron chi connectivity index (χ1n) is 26.2. The van der Waals surface area contributed by atoms with Crippen LogP contribution < -0.4 is 0 Å². The van der Waals surface area contributed by atoms with Crippen molar-refractivity contribution in [3.05, 3.63) is 291 Å². The van der Waals surface area contributed by atoms with Gasteiger partial charge in [0.1, 0.15) is 23.0 Å². The van der Waals surface area contributed by atoms with Gasteiger partial charge in [-0.05, 0) is 159 Å². The summed E-state index contributed by atoms with van der Waals surface area (Å²) in [7, 11) is 0. The van der Waals surface area contributed by atoms with E-state index in [0.29, 0.717) is 22.3 Å². The van der Waals surface area contributed by atoms with Crippen LogP contribution in [0.25, 0.3) is 108 Å². The van der Waals surface area contributed by atoms with Crippen LogP contribution in [0, 0.1) is 0 Å². The van der Waals surface area contributed by atoms with E-state index in [4.69, 9.17) is 0 Å². The fraction of sp³-hybridized carbons (Fsp3) is 0. The molecular formula is C74H52O6. The molecule has 14 aromatic carbocycles. The first kappa shape index (κ1) is 51.3. The number of allylic oxidation sites excluding steroid dienone is 4. The highest BCUT2D eigenvalue weighted by Crippen LogP contribution is 2.46. The molecule has 0 unspecified atom stereocenters. The molecule has 0 radical (unpaired) electrons. The van der Waals surface area contributed by atoms with Crippen LogP contribution in [0.2, 0.25) is 0 Å². The Morgan fingerprint density at radius 1 is 0.188 bits per heavy atom. The molecular weight excluding hydrogens is 985 g/mol. The van der Waals surface area contributed by atoms with Crippen molar-refractivity contribution in [2.75, 3.05) is 0 Å². The van der Waals surface area contributed by atoms with Gasteiger partial charge in [-0.15, -0.1) is 0 Å². The quantitative estimate of drug-likeness (QED) is 0.101. The third-order valence-corrected chi connectivity index (χ3v) is 14.2. The summed E-state index contributed by atoms with van der Waals surface area (Å²) in [6.45, 7) is 0. The summed E-state index contributed by atoms with van der Waals surface area (Å²) in [5, 5.41) is 60.1. The molecule has 14 aromatic rings. The van der Waals surface area contributed by atoms with E-state index in [2.05, 4.69) is 121 Å². The maximum absolute atomic E-state index is 10.4. The molecule has 0 saturated carbocycles. The minimum Gasteiger partial charge on any atom is -0.507 e. The Kier molecular flexibility index (Phi) is 14.9. The molecule has 0 aliphatic heterocycles. The van der Waals surface area contributed by atoms with Gasteiger partial charge in [-0.3, -0.25) is 9.59 Å². The van der Waals surface area contributed by atoms with E-state index < -0.39 is 0 Å². The van der Waals surface area contributed by atoms with Crippen LogP contribution in [0.4, 0.5) is 0 Å². The van der Waals surface area contributed by atoms with E-state index in [1.54, 1.807) is 24.3 Å². The predicted octanol–water partition coefficient (Wildman–Crippen LogP) is 18.4. The first-order chi connectivity index (χ1) is 39.2. The minimum absolute atomic E-state index is 0.121. The third-order valence-electron chi connectivity index (χ3n) is 14.2. The fourth-order valence-corrected chi connectivity index (χ4v) is 10.3. The molecule has 80 heavy (non-hydrogen) atoms. The number of phenols is 4. The number of benzene rings is 14. The number of phenolic OH excluding ortho intramolecular Hbond substituents is 4. The molecule has 6 heteroatoms. The highest BCUT2D eigenvalue weighted by Gasteiger charge is 2.18. The molecule has 0 amide bonds. The van der Waals surface area contributed by atoms with Crippen LogP contribution in [0.3, 0.4) is 0 Å². The summed E-state index contributed by atoms with van der Waals surface area (Å²) in [6.07, 6.45) is 5.01. The number of ketones is 2. The van der Waals surface area contributed by atoms with E-state index in [-0.39, 0.29) is 34.6 Å². The van der Waals surface area contributed by atoms with Crippen LogP contribution in [-0.4, -0.2) is 32.0 Å². The lowest BCUT2D eigenvalue weighted by Crippen LogP contribution is -1.97. The van der Waals surface area contributed by atoms with E-state index >= 15 is 0 Å². The monoisotopic (exact) mass is 1040 g/mol. The molecule has 384 valence electrons. The zero-order valence-electron chi connectivity index (χ0n) is 43.3. The van der Waals surface area contributed by atoms with Gasteiger partial charge in [-0.25, -0.2) is 0 Å². The van der Waals surface area contributed by atoms with Crippen LogP contribution in [0.1, 0.15) is 0 Å². The molecule has 0 saturated heterocycles. The van der Waals surface area contributed by atoms with Crippen molar-refractivity contribution in [1.82, 2.24) is 0 Å². The number of carbonyl (C=O) groups excluding carboxylic acids is 2. The maximum Gasteiger partial charge on any atom is 0.178 e. The van der Waals surface area contributed by atoms with Gasteiger partial charge in [0.05, 0.1) is 0 Å². The van der Waals surface area contributed by atoms with Crippen molar-refractivity contribution in [2.45, 2.75) is 0 Å². The smallest absolute Gasteiger partial charge is 0.178 e. The summed E-state index contributed by atoms with van der Waals surface area (Å²) < 4.78 is 0. The minimum atomic E-state index is -0.121. The van der Waals surface area contributed by atoms with Gasteiger partial charge in [0.25, 0.3) is 0 Å². The van der Waals surface area contributed by atoms with Crippen LogP contribution >= 0.6 is 0 Å². The Bertz CT molecular complexity index is 4010. The molecule has 0 atom stereocenters. The molecule has 15 rings (SSSR count). The Morgan fingerprint density at radius 2 is 0.350 bits per heavy atom. The summed E-state index contributed by atoms with van der Waals surface area (Å²) in [5.74, 6) is 0.445. The summed E-state index contributed by atoms with van der Waals surface area (Å²) >= 11 is 0. The second-order valence-electron chi connectivity index (χ2n) is 19.3. The molecule has 0 spiro atoms. The number of rotatable bonds is 2. The zero-order valence-corrected chi connectivity index (χ0v) is 43.3. The van der Waals surface area contributed by atoms with Crippen molar-refractivity contribution in [2.24, 2.45) is 0 Å². The highest BCUT2D eigenvalue weighted by molar-refractivity contribution is 6.14. The average Bonchev–Trinajstić information content (AvgIpc) is 3.58. The maximum atomic E-state index is 10.4. The predicted molar refractivity (Wildman–Crippen MR) is 332 cm³/mol. The van der Waals surface area contributed by atoms with Gasteiger partial charge in [-0.2, -0.15) is 0 Å². The second kappa shape index (κ2) is 23.2. The zero-order chi connectivity index (χ0) is 55.0. The lowest BCUT2D eigenvalue weighted by atomic mass is 9.92. The molecule has 0 heterocycles. The van der Waals surface area contributed by atoms with E-state index in [0.717, 1.165) is 43.1 Å². The summed E-state index contributed by atoms with van der Waals surface area (Å²) in [5.41, 5.74) is 2.69. The van der Waals surface area contributed by atoms with Crippen molar-refractivity contribution < 1.29 is 30.0 Å². The number of carbonyl (C=O) groups is 2. The van der Waals surface area contributed by atoms with Gasteiger partial charge in [-0.1, -0.05) is 218 Å². The lowest BCUT2D eigenvalue weighted by molar-refractivity contribution is -0.113. The normalized spacial score (nSPS) is 11.7. The Hall–Kier alpha value is -10.8. The van der Waals surface area contributed by atoms with Gasteiger partial charge in [0.15, 0.2) is 11.6 Å². The second-order valence-corrected chi connectivity index (χ2v) is 19.3. The van der Waals surface area contributed by atoms with Crippen LogP contribution in [0.5, 0.6) is 23.0 Å². The van der Waals surface area contributed by atoms with Crippen LogP contribution in [-0.2, 0) is 9.59 Å². The number of fused-ring (bicyclic) bond motifs is 8. The number of hydrogen-bond acceptors (Lipinski definition) is 6. The highest BCUT2D eigenvalue weighted by atomic mass is 16.3. The largest absolute Gasteiger partial charge is 0.507 e. The average molecular weight is 1040 g/mol. The third kappa shape index (κ3) is 11.0. The van der Waals surface area contributed by atoms with E-state index in [1.807, 2.05) is 121 Å². The van der Waals surface area contributed by atoms with Gasteiger partial charge in [0, 0.05) is 22.3 Å². The van der Waals surface area contributed by atoms with Crippen molar-refractivity contribution in [1.29, 1.82) is 0 Å². The molecule has 4 N–H and O–H groups in total. The van der Waals surface area contributed by atoms with Crippen LogP contribution in [0.15, 0.2) is 291 Å². The van der Waals surface area contributed by atoms with Crippen molar-refractivity contribution in [3.8, 4) is 45.3 Å². The van der Waals surface area contributed by atoms with Crippen molar-refractivity contribution >= 4 is 97.7 Å². The Labute approximate surface area is 461 Å². The van der Waals surface area contributed by atoms with Gasteiger partial charge in [0.2, 0.25) is 0 Å². The standard InChI is InChI=1S/2C20H14O2.2C14H10.C6H4O2/c2*21-17-11-9-13-5-1-3-7-15(13)19(17)20-16-8-4-2-6-14(16)10-12-18(20)22;2*1-2-6-12-10-14-8-4-3-7-13(14)9-11(12)5-1;7-5-1-2-6(8)4-3-5/h2*1-12,21-22H;2*1-10H;1-4H. The van der Waals surface area contributed by atoms with Crippen molar-refractivity contribution in [3.63, 3.8) is 0 Å². The molecule has 6 nitrogen and oxygen atoms in total. The molecule has 1 aliphatic rings. The SMILES string of the molecule is O=C1C=CC(=O)C=C1.Oc1ccc2ccccc2c1-c1c(O)ccc2ccccc12.Oc1ccc2ccccc2c1-c1c(O)ccc2ccccc12.c1ccc2cc3ccccc3cc2c1.c1ccc2cc3ccccc3cc2c1. The topological polar surface area (TPSA) is 115 Å². The van der Waals surface area contributed by atoms with Gasteiger partial charge >= 0.3 is 0 Å². The summed E-state index contributed by atoms with van der Waals surface area (Å²) in [4.78, 5) is 20.6. The molecule has 0 fully saturated rings.